The maximum Gasteiger partial charge on any atom is 0.255 e. The third-order valence-electron chi connectivity index (χ3n) is 7.27. The molecule has 1 unspecified atom stereocenters. The lowest BCUT2D eigenvalue weighted by molar-refractivity contribution is 0.0774. The normalized spacial score (nSPS) is 12.5. The zero-order valence-corrected chi connectivity index (χ0v) is 24.3. The van der Waals surface area contributed by atoms with Crippen LogP contribution < -0.4 is 5.32 Å². The third kappa shape index (κ3) is 7.06. The molecule has 0 spiro atoms. The molecule has 5 rings (SSSR count). The number of hydrogen-bond donors (Lipinski definition) is 3. The van der Waals surface area contributed by atoms with Crippen molar-refractivity contribution in [3.63, 3.8) is 0 Å². The monoisotopic (exact) mass is 576 g/mol. The highest BCUT2D eigenvalue weighted by Crippen LogP contribution is 2.28. The summed E-state index contributed by atoms with van der Waals surface area (Å²) in [5.74, 6) is -0.421. The minimum Gasteiger partial charge on any atom is -0.507 e. The molecule has 6 heteroatoms. The summed E-state index contributed by atoms with van der Waals surface area (Å²) in [5, 5.41) is 25.8. The highest BCUT2D eigenvalue weighted by molar-refractivity contribution is 6.31. The molecular weight excluding hydrogens is 544 g/mol. The number of phenols is 1. The Bertz CT molecular complexity index is 1760. The van der Waals surface area contributed by atoms with Gasteiger partial charge in [-0.05, 0) is 91.4 Å². The number of nitrogens with zero attached hydrogens (tertiary/aromatic N) is 1. The molecule has 0 radical (unpaired) electrons. The summed E-state index contributed by atoms with van der Waals surface area (Å²) in [6.07, 6.45) is 5.17. The van der Waals surface area contributed by atoms with Crippen molar-refractivity contribution in [2.24, 2.45) is 0 Å². The second-order valence-corrected chi connectivity index (χ2v) is 11.3. The number of halogens is 1. The molecule has 1 amide bonds. The van der Waals surface area contributed by atoms with Crippen LogP contribution in [0.15, 0.2) is 103 Å². The molecule has 4 aromatic carbocycles. The molecule has 5 aromatic rings. The summed E-state index contributed by atoms with van der Waals surface area (Å²) in [6, 6.07) is 31.6. The van der Waals surface area contributed by atoms with E-state index < -0.39 is 5.60 Å². The number of rotatable bonds is 9. The fourth-order valence-corrected chi connectivity index (χ4v) is 5.29. The smallest absolute Gasteiger partial charge is 0.255 e. The molecular formula is C36H33ClN2O3. The number of pyridine rings is 1. The van der Waals surface area contributed by atoms with Crippen molar-refractivity contribution in [2.45, 2.75) is 38.3 Å². The van der Waals surface area contributed by atoms with E-state index in [-0.39, 0.29) is 23.3 Å². The quantitative estimate of drug-likeness (QED) is 0.166. The Morgan fingerprint density at radius 3 is 2.50 bits per heavy atom. The predicted molar refractivity (Wildman–Crippen MR) is 170 cm³/mol. The van der Waals surface area contributed by atoms with Crippen LogP contribution in [0.1, 0.15) is 64.6 Å². The number of amides is 1. The van der Waals surface area contributed by atoms with E-state index in [1.165, 1.54) is 6.07 Å². The average molecular weight is 577 g/mol. The van der Waals surface area contributed by atoms with Gasteiger partial charge in [0.05, 0.1) is 28.4 Å². The van der Waals surface area contributed by atoms with Gasteiger partial charge in [0, 0.05) is 10.4 Å². The van der Waals surface area contributed by atoms with Crippen molar-refractivity contribution < 1.29 is 15.0 Å². The fraction of sp³-hybridized carbons (Fsp3) is 0.167. The molecule has 0 bridgehead atoms. The lowest BCUT2D eigenvalue weighted by Crippen LogP contribution is -2.29. The molecule has 0 aliphatic heterocycles. The highest BCUT2D eigenvalue weighted by Gasteiger charge is 2.22. The Morgan fingerprint density at radius 1 is 0.929 bits per heavy atom. The predicted octanol–water partition coefficient (Wildman–Crippen LogP) is 8.10. The van der Waals surface area contributed by atoms with Gasteiger partial charge < -0.3 is 15.5 Å². The van der Waals surface area contributed by atoms with Gasteiger partial charge in [-0.25, -0.2) is 4.98 Å². The summed E-state index contributed by atoms with van der Waals surface area (Å²) in [6.45, 7) is 3.55. The molecule has 0 saturated heterocycles. The minimum atomic E-state index is -0.988. The molecule has 1 heterocycles. The second kappa shape index (κ2) is 12.6. The van der Waals surface area contributed by atoms with Gasteiger partial charge in [0.25, 0.3) is 5.91 Å². The Kier molecular flexibility index (Phi) is 8.72. The maximum atomic E-state index is 13.3. The number of aliphatic hydroxyl groups is 1. The number of phenolic OH excluding ortho intramolecular Hbond substituents is 1. The summed E-state index contributed by atoms with van der Waals surface area (Å²) in [4.78, 5) is 18.0. The third-order valence-corrected chi connectivity index (χ3v) is 7.50. The standard InChI is InChI=1S/C36H33ClN2O3/c1-36(2,42)31-12-5-3-9-25(31)17-21-32(39-35(41)30-11-4-6-13-34(30)40)27-10-7-8-24(22-27)14-19-29-20-16-26-15-18-28(37)23-33(26)38-29/h3-16,18-20,22-23,32,40,42H,17,21H2,1-2H3,(H,39,41)/b19-14+. The summed E-state index contributed by atoms with van der Waals surface area (Å²) in [7, 11) is 0. The number of aromatic nitrogens is 1. The molecule has 1 aromatic heterocycles. The van der Waals surface area contributed by atoms with Crippen LogP contribution >= 0.6 is 11.6 Å². The van der Waals surface area contributed by atoms with Gasteiger partial charge in [0.15, 0.2) is 0 Å². The molecule has 1 atom stereocenters. The van der Waals surface area contributed by atoms with Crippen LogP contribution in [0.2, 0.25) is 5.02 Å². The molecule has 3 N–H and O–H groups in total. The van der Waals surface area contributed by atoms with Crippen molar-refractivity contribution in [1.82, 2.24) is 10.3 Å². The first-order valence-corrected chi connectivity index (χ1v) is 14.3. The first-order chi connectivity index (χ1) is 20.2. The summed E-state index contributed by atoms with van der Waals surface area (Å²) < 4.78 is 0. The van der Waals surface area contributed by atoms with Crippen LogP contribution in [0.4, 0.5) is 0 Å². The van der Waals surface area contributed by atoms with E-state index in [9.17, 15) is 15.0 Å². The van der Waals surface area contributed by atoms with Crippen molar-refractivity contribution in [3.8, 4) is 5.75 Å². The van der Waals surface area contributed by atoms with Gasteiger partial charge in [-0.2, -0.15) is 0 Å². The number of carbonyl (C=O) groups excluding carboxylic acids is 1. The van der Waals surface area contributed by atoms with Crippen molar-refractivity contribution in [3.05, 3.63) is 142 Å². The van der Waals surface area contributed by atoms with Crippen molar-refractivity contribution >= 4 is 40.6 Å². The Hall–Kier alpha value is -4.45. The van der Waals surface area contributed by atoms with Crippen molar-refractivity contribution in [2.75, 3.05) is 0 Å². The van der Waals surface area contributed by atoms with Gasteiger partial charge in [0.2, 0.25) is 0 Å². The van der Waals surface area contributed by atoms with Gasteiger partial charge in [0.1, 0.15) is 5.75 Å². The van der Waals surface area contributed by atoms with E-state index >= 15 is 0 Å². The SMILES string of the molecule is CC(C)(O)c1ccccc1CCC(NC(=O)c1ccccc1O)c1cccc(/C=C/c2ccc3ccc(Cl)cc3n2)c1. The number of benzene rings is 4. The molecule has 0 aliphatic rings. The first kappa shape index (κ1) is 29.1. The van der Waals surface area contributed by atoms with Crippen LogP contribution in [-0.2, 0) is 12.0 Å². The van der Waals surface area contributed by atoms with Gasteiger partial charge >= 0.3 is 0 Å². The summed E-state index contributed by atoms with van der Waals surface area (Å²) >= 11 is 6.16. The van der Waals surface area contributed by atoms with E-state index in [1.54, 1.807) is 32.0 Å². The van der Waals surface area contributed by atoms with Gasteiger partial charge in [-0.3, -0.25) is 4.79 Å². The second-order valence-electron chi connectivity index (χ2n) is 10.9. The van der Waals surface area contributed by atoms with Crippen LogP contribution in [0.5, 0.6) is 5.75 Å². The Morgan fingerprint density at radius 2 is 1.69 bits per heavy atom. The number of hydrogen-bond acceptors (Lipinski definition) is 4. The van der Waals surface area contributed by atoms with E-state index in [0.29, 0.717) is 17.9 Å². The first-order valence-electron chi connectivity index (χ1n) is 13.9. The molecule has 0 aliphatic carbocycles. The number of fused-ring (bicyclic) bond motifs is 1. The molecule has 5 nitrogen and oxygen atoms in total. The number of carbonyl (C=O) groups is 1. The van der Waals surface area contributed by atoms with Crippen LogP contribution in [-0.4, -0.2) is 21.1 Å². The van der Waals surface area contributed by atoms with Gasteiger partial charge in [-0.15, -0.1) is 0 Å². The number of aryl methyl sites for hydroxylation is 1. The highest BCUT2D eigenvalue weighted by atomic mass is 35.5. The fourth-order valence-electron chi connectivity index (χ4n) is 5.12. The van der Waals surface area contributed by atoms with Crippen LogP contribution in [0.3, 0.4) is 0 Å². The number of nitrogens with one attached hydrogen (secondary N) is 1. The topological polar surface area (TPSA) is 82.5 Å². The largest absolute Gasteiger partial charge is 0.507 e. The lowest BCUT2D eigenvalue weighted by Gasteiger charge is -2.24. The van der Waals surface area contributed by atoms with Gasteiger partial charge in [-0.1, -0.05) is 84.4 Å². The zero-order chi connectivity index (χ0) is 29.7. The zero-order valence-electron chi connectivity index (χ0n) is 23.6. The number of para-hydroxylation sites is 1. The van der Waals surface area contributed by atoms with E-state index in [1.807, 2.05) is 91.0 Å². The Balaban J connectivity index is 1.43. The minimum absolute atomic E-state index is 0.0676. The molecule has 0 fully saturated rings. The molecule has 42 heavy (non-hydrogen) atoms. The van der Waals surface area contributed by atoms with Crippen molar-refractivity contribution in [1.29, 1.82) is 0 Å². The Labute approximate surface area is 251 Å². The van der Waals surface area contributed by atoms with E-state index in [2.05, 4.69) is 5.32 Å². The summed E-state index contributed by atoms with van der Waals surface area (Å²) in [5.41, 5.74) is 4.64. The van der Waals surface area contributed by atoms with Crippen LogP contribution in [0.25, 0.3) is 23.1 Å². The van der Waals surface area contributed by atoms with E-state index in [4.69, 9.17) is 16.6 Å². The van der Waals surface area contributed by atoms with Crippen LogP contribution in [0, 0.1) is 0 Å². The maximum absolute atomic E-state index is 13.3. The molecule has 0 saturated carbocycles. The number of aromatic hydroxyl groups is 1. The molecule has 212 valence electrons. The average Bonchev–Trinajstić information content (AvgIpc) is 2.98. The lowest BCUT2D eigenvalue weighted by atomic mass is 9.89. The van der Waals surface area contributed by atoms with E-state index in [0.717, 1.165) is 38.9 Å².